The van der Waals surface area contributed by atoms with Crippen molar-refractivity contribution in [2.75, 3.05) is 0 Å². The Kier molecular flexibility index (Phi) is 2.81. The van der Waals surface area contributed by atoms with E-state index in [4.69, 9.17) is 0 Å². The maximum absolute atomic E-state index is 3.60. The molecular weight excluding hydrogens is 342 g/mol. The first-order valence-corrected chi connectivity index (χ1v) is 6.86. The molecule has 0 fully saturated rings. The Morgan fingerprint density at radius 3 is 2.53 bits per heavy atom. The lowest BCUT2D eigenvalue weighted by atomic mass is 10.0. The van der Waals surface area contributed by atoms with Crippen LogP contribution in [-0.4, -0.2) is 4.98 Å². The molecule has 1 heterocycles. The third kappa shape index (κ3) is 1.94. The molecule has 3 rings (SSSR count). The summed E-state index contributed by atoms with van der Waals surface area (Å²) in [5.74, 6) is 0. The number of rotatable bonds is 1. The van der Waals surface area contributed by atoms with Crippen LogP contribution < -0.4 is 0 Å². The van der Waals surface area contributed by atoms with Crippen LogP contribution in [0.2, 0.25) is 0 Å². The molecule has 2 aromatic carbocycles. The van der Waals surface area contributed by atoms with Crippen molar-refractivity contribution in [3.05, 3.63) is 57.6 Å². The summed E-state index contributed by atoms with van der Waals surface area (Å²) in [7, 11) is 0. The summed E-state index contributed by atoms with van der Waals surface area (Å²) >= 11 is 7.16. The van der Waals surface area contributed by atoms with Crippen molar-refractivity contribution in [3.8, 4) is 11.1 Å². The van der Waals surface area contributed by atoms with Gasteiger partial charge in [0.15, 0.2) is 0 Å². The Labute approximate surface area is 116 Å². The lowest BCUT2D eigenvalue weighted by Gasteiger charge is -2.07. The van der Waals surface area contributed by atoms with Gasteiger partial charge in [-0.15, -0.1) is 0 Å². The van der Waals surface area contributed by atoms with Gasteiger partial charge in [-0.3, -0.25) is 0 Å². The average Bonchev–Trinajstić information content (AvgIpc) is 2.76. The molecule has 0 unspecified atom stereocenters. The molecule has 1 aromatic heterocycles. The number of hydrogen-bond acceptors (Lipinski definition) is 0. The van der Waals surface area contributed by atoms with Gasteiger partial charge in [0.25, 0.3) is 0 Å². The Balaban J connectivity index is 2.37. The summed E-state index contributed by atoms with van der Waals surface area (Å²) in [5.41, 5.74) is 3.56. The van der Waals surface area contributed by atoms with E-state index < -0.39 is 0 Å². The Hall–Kier alpha value is -1.06. The SMILES string of the molecule is Brc1cc(-c2ccccc2Br)c2[nH]ccc2c1. The van der Waals surface area contributed by atoms with Crippen LogP contribution in [0.25, 0.3) is 22.0 Å². The van der Waals surface area contributed by atoms with Gasteiger partial charge in [0, 0.05) is 26.1 Å². The van der Waals surface area contributed by atoms with Crippen molar-refractivity contribution >= 4 is 42.8 Å². The Morgan fingerprint density at radius 1 is 0.882 bits per heavy atom. The molecule has 0 saturated carbocycles. The predicted octanol–water partition coefficient (Wildman–Crippen LogP) is 5.36. The minimum Gasteiger partial charge on any atom is -0.361 e. The highest BCUT2D eigenvalue weighted by Gasteiger charge is 2.08. The number of fused-ring (bicyclic) bond motifs is 1. The summed E-state index contributed by atoms with van der Waals surface area (Å²) in [6.45, 7) is 0. The highest BCUT2D eigenvalue weighted by molar-refractivity contribution is 9.10. The molecule has 0 radical (unpaired) electrons. The van der Waals surface area contributed by atoms with Gasteiger partial charge in [0.05, 0.1) is 5.52 Å². The molecule has 0 aliphatic carbocycles. The van der Waals surface area contributed by atoms with Crippen LogP contribution in [0.1, 0.15) is 0 Å². The largest absolute Gasteiger partial charge is 0.361 e. The van der Waals surface area contributed by atoms with E-state index in [0.29, 0.717) is 0 Å². The van der Waals surface area contributed by atoms with Crippen LogP contribution in [-0.2, 0) is 0 Å². The lowest BCUT2D eigenvalue weighted by Crippen LogP contribution is -1.82. The van der Waals surface area contributed by atoms with Gasteiger partial charge in [-0.05, 0) is 29.8 Å². The maximum Gasteiger partial charge on any atom is 0.0534 e. The summed E-state index contributed by atoms with van der Waals surface area (Å²) in [5, 5.41) is 1.21. The van der Waals surface area contributed by atoms with E-state index in [2.05, 4.69) is 73.2 Å². The van der Waals surface area contributed by atoms with Crippen LogP contribution in [0.3, 0.4) is 0 Å². The molecule has 0 amide bonds. The highest BCUT2D eigenvalue weighted by Crippen LogP contribution is 2.35. The van der Waals surface area contributed by atoms with Crippen molar-refractivity contribution in [1.29, 1.82) is 0 Å². The zero-order valence-electron chi connectivity index (χ0n) is 8.87. The van der Waals surface area contributed by atoms with Gasteiger partial charge < -0.3 is 4.98 Å². The molecule has 84 valence electrons. The number of H-pyrrole nitrogens is 1. The number of aromatic nitrogens is 1. The minimum absolute atomic E-state index is 1.09. The van der Waals surface area contributed by atoms with Gasteiger partial charge in [-0.25, -0.2) is 0 Å². The molecule has 0 aliphatic rings. The zero-order valence-corrected chi connectivity index (χ0v) is 12.0. The molecule has 0 aliphatic heterocycles. The molecule has 0 spiro atoms. The molecule has 3 aromatic rings. The lowest BCUT2D eigenvalue weighted by molar-refractivity contribution is 1.47. The van der Waals surface area contributed by atoms with Crippen LogP contribution in [0.4, 0.5) is 0 Å². The topological polar surface area (TPSA) is 15.8 Å². The summed E-state index contributed by atoms with van der Waals surface area (Å²) in [4.78, 5) is 3.30. The van der Waals surface area contributed by atoms with Gasteiger partial charge in [-0.2, -0.15) is 0 Å². The monoisotopic (exact) mass is 349 g/mol. The number of halogens is 2. The van der Waals surface area contributed by atoms with E-state index in [9.17, 15) is 0 Å². The van der Waals surface area contributed by atoms with E-state index in [0.717, 1.165) is 8.95 Å². The second-order valence-corrected chi connectivity index (χ2v) is 5.65. The first-order chi connectivity index (χ1) is 8.25. The van der Waals surface area contributed by atoms with Crippen LogP contribution in [0, 0.1) is 0 Å². The molecule has 1 nitrogen and oxygen atoms in total. The summed E-state index contributed by atoms with van der Waals surface area (Å²) < 4.78 is 2.20. The van der Waals surface area contributed by atoms with E-state index >= 15 is 0 Å². The fourth-order valence-electron chi connectivity index (χ4n) is 2.03. The number of aromatic amines is 1. The fourth-order valence-corrected chi connectivity index (χ4v) is 3.00. The third-order valence-corrected chi connectivity index (χ3v) is 3.94. The average molecular weight is 351 g/mol. The maximum atomic E-state index is 3.60. The Bertz CT molecular complexity index is 686. The van der Waals surface area contributed by atoms with Gasteiger partial charge in [-0.1, -0.05) is 50.1 Å². The quantitative estimate of drug-likeness (QED) is 0.608. The van der Waals surface area contributed by atoms with Crippen LogP contribution in [0.15, 0.2) is 57.6 Å². The van der Waals surface area contributed by atoms with Gasteiger partial charge >= 0.3 is 0 Å². The van der Waals surface area contributed by atoms with Crippen molar-refractivity contribution in [2.24, 2.45) is 0 Å². The Morgan fingerprint density at radius 2 is 1.71 bits per heavy atom. The number of benzene rings is 2. The number of hydrogen-bond donors (Lipinski definition) is 1. The van der Waals surface area contributed by atoms with E-state index in [1.165, 1.54) is 22.0 Å². The molecule has 0 atom stereocenters. The third-order valence-electron chi connectivity index (χ3n) is 2.79. The highest BCUT2D eigenvalue weighted by atomic mass is 79.9. The molecular formula is C14H9Br2N. The number of nitrogens with one attached hydrogen (secondary N) is 1. The van der Waals surface area contributed by atoms with Gasteiger partial charge in [0.2, 0.25) is 0 Å². The standard InChI is InChI=1S/C14H9Br2N/c15-10-7-9-5-6-17-14(9)12(8-10)11-3-1-2-4-13(11)16/h1-8,17H. The van der Waals surface area contributed by atoms with E-state index in [1.807, 2.05) is 12.3 Å². The molecule has 1 N–H and O–H groups in total. The zero-order chi connectivity index (χ0) is 11.8. The molecule has 17 heavy (non-hydrogen) atoms. The van der Waals surface area contributed by atoms with E-state index in [-0.39, 0.29) is 0 Å². The predicted molar refractivity (Wildman–Crippen MR) is 79.1 cm³/mol. The summed E-state index contributed by atoms with van der Waals surface area (Å²) in [6, 6.07) is 14.6. The fraction of sp³-hybridized carbons (Fsp3) is 0. The second kappa shape index (κ2) is 4.31. The first-order valence-electron chi connectivity index (χ1n) is 5.27. The normalized spacial score (nSPS) is 10.9. The van der Waals surface area contributed by atoms with Crippen LogP contribution >= 0.6 is 31.9 Å². The van der Waals surface area contributed by atoms with Crippen molar-refractivity contribution in [3.63, 3.8) is 0 Å². The van der Waals surface area contributed by atoms with E-state index in [1.54, 1.807) is 0 Å². The van der Waals surface area contributed by atoms with Crippen LogP contribution in [0.5, 0.6) is 0 Å². The van der Waals surface area contributed by atoms with Crippen molar-refractivity contribution in [2.45, 2.75) is 0 Å². The molecule has 0 bridgehead atoms. The first kappa shape index (κ1) is 11.1. The van der Waals surface area contributed by atoms with Crippen molar-refractivity contribution < 1.29 is 0 Å². The van der Waals surface area contributed by atoms with Crippen molar-refractivity contribution in [1.82, 2.24) is 4.98 Å². The van der Waals surface area contributed by atoms with Gasteiger partial charge in [0.1, 0.15) is 0 Å². The second-order valence-electron chi connectivity index (χ2n) is 3.88. The summed E-state index contributed by atoms with van der Waals surface area (Å²) in [6.07, 6.45) is 1.97. The smallest absolute Gasteiger partial charge is 0.0534 e. The molecule has 0 saturated heterocycles. The minimum atomic E-state index is 1.09. The molecule has 3 heteroatoms.